The normalized spacial score (nSPS) is 16.7. The number of rotatable bonds is 3. The van der Waals surface area contributed by atoms with Gasteiger partial charge >= 0.3 is 0 Å². The fourth-order valence-electron chi connectivity index (χ4n) is 2.86. The molecule has 21 heavy (non-hydrogen) atoms. The molecule has 0 aromatic heterocycles. The van der Waals surface area contributed by atoms with Gasteiger partial charge in [0.15, 0.2) is 0 Å². The Morgan fingerprint density at radius 1 is 1.19 bits per heavy atom. The van der Waals surface area contributed by atoms with E-state index in [1.54, 1.807) is 0 Å². The summed E-state index contributed by atoms with van der Waals surface area (Å²) in [7, 11) is 0. The Kier molecular flexibility index (Phi) is 3.91. The highest BCUT2D eigenvalue weighted by atomic mass is 16.1. The van der Waals surface area contributed by atoms with Crippen molar-refractivity contribution in [3.63, 3.8) is 0 Å². The highest BCUT2D eigenvalue weighted by Crippen LogP contribution is 2.21. The van der Waals surface area contributed by atoms with E-state index >= 15 is 0 Å². The molecule has 0 fully saturated rings. The minimum Gasteiger partial charge on any atom is -0.383 e. The summed E-state index contributed by atoms with van der Waals surface area (Å²) in [5.74, 6) is 0.0265. The minimum atomic E-state index is 0.0265. The Hall–Kier alpha value is -2.29. The van der Waals surface area contributed by atoms with Crippen LogP contribution in [0.25, 0.3) is 0 Å². The standard InChI is InChI=1S/C18H20N2O/c1-2-13-7-3-5-9-16(13)18(21)20-15-11-14-8-4-6-10-17(14)19-12-15/h3-10,15,19H,2,11-12H2,1H3,(H,20,21). The molecule has 1 heterocycles. The topological polar surface area (TPSA) is 41.1 Å². The number of para-hydroxylation sites is 1. The van der Waals surface area contributed by atoms with Crippen molar-refractivity contribution in [2.75, 3.05) is 11.9 Å². The van der Waals surface area contributed by atoms with Gasteiger partial charge in [-0.05, 0) is 36.1 Å². The number of hydrogen-bond acceptors (Lipinski definition) is 2. The average Bonchev–Trinajstić information content (AvgIpc) is 2.54. The third-order valence-corrected chi connectivity index (χ3v) is 4.00. The van der Waals surface area contributed by atoms with Crippen molar-refractivity contribution in [3.8, 4) is 0 Å². The van der Waals surface area contributed by atoms with Crippen LogP contribution in [0.3, 0.4) is 0 Å². The van der Waals surface area contributed by atoms with Gasteiger partial charge in [-0.2, -0.15) is 0 Å². The van der Waals surface area contributed by atoms with Crippen molar-refractivity contribution in [1.29, 1.82) is 0 Å². The maximum Gasteiger partial charge on any atom is 0.251 e. The fraction of sp³-hybridized carbons (Fsp3) is 0.278. The minimum absolute atomic E-state index is 0.0265. The first-order valence-corrected chi connectivity index (χ1v) is 7.48. The third-order valence-electron chi connectivity index (χ3n) is 4.00. The average molecular weight is 280 g/mol. The summed E-state index contributed by atoms with van der Waals surface area (Å²) in [5.41, 5.74) is 4.33. The van der Waals surface area contributed by atoms with Crippen LogP contribution >= 0.6 is 0 Å². The highest BCUT2D eigenvalue weighted by Gasteiger charge is 2.20. The van der Waals surface area contributed by atoms with Crippen molar-refractivity contribution in [2.24, 2.45) is 0 Å². The number of fused-ring (bicyclic) bond motifs is 1. The van der Waals surface area contributed by atoms with Crippen LogP contribution in [-0.2, 0) is 12.8 Å². The van der Waals surface area contributed by atoms with Crippen LogP contribution in [0.15, 0.2) is 48.5 Å². The van der Waals surface area contributed by atoms with Gasteiger partial charge in [-0.25, -0.2) is 0 Å². The molecule has 0 radical (unpaired) electrons. The maximum absolute atomic E-state index is 12.5. The number of aryl methyl sites for hydroxylation is 1. The van der Waals surface area contributed by atoms with Crippen LogP contribution in [0.4, 0.5) is 5.69 Å². The number of carbonyl (C=O) groups excluding carboxylic acids is 1. The highest BCUT2D eigenvalue weighted by molar-refractivity contribution is 5.96. The van der Waals surface area contributed by atoms with Crippen LogP contribution in [-0.4, -0.2) is 18.5 Å². The summed E-state index contributed by atoms with van der Waals surface area (Å²) in [5, 5.41) is 6.53. The summed E-state index contributed by atoms with van der Waals surface area (Å²) in [6, 6.07) is 16.2. The van der Waals surface area contributed by atoms with Crippen LogP contribution < -0.4 is 10.6 Å². The van der Waals surface area contributed by atoms with E-state index in [4.69, 9.17) is 0 Å². The van der Waals surface area contributed by atoms with E-state index in [1.807, 2.05) is 36.4 Å². The zero-order valence-corrected chi connectivity index (χ0v) is 12.2. The molecule has 1 atom stereocenters. The van der Waals surface area contributed by atoms with Gasteiger partial charge in [0.1, 0.15) is 0 Å². The van der Waals surface area contributed by atoms with Crippen LogP contribution in [0.5, 0.6) is 0 Å². The van der Waals surface area contributed by atoms with E-state index in [0.717, 1.165) is 30.5 Å². The maximum atomic E-state index is 12.5. The van der Waals surface area contributed by atoms with Gasteiger partial charge in [0.25, 0.3) is 5.91 Å². The second-order valence-electron chi connectivity index (χ2n) is 5.42. The lowest BCUT2D eigenvalue weighted by atomic mass is 9.98. The molecule has 0 saturated heterocycles. The van der Waals surface area contributed by atoms with Gasteiger partial charge in [-0.3, -0.25) is 4.79 Å². The van der Waals surface area contributed by atoms with Crippen molar-refractivity contribution in [1.82, 2.24) is 5.32 Å². The van der Waals surface area contributed by atoms with E-state index in [2.05, 4.69) is 29.7 Å². The first kappa shape index (κ1) is 13.7. The lowest BCUT2D eigenvalue weighted by Gasteiger charge is -2.27. The van der Waals surface area contributed by atoms with E-state index < -0.39 is 0 Å². The second kappa shape index (κ2) is 6.00. The quantitative estimate of drug-likeness (QED) is 0.907. The van der Waals surface area contributed by atoms with Gasteiger partial charge in [0.05, 0.1) is 6.04 Å². The van der Waals surface area contributed by atoms with Gasteiger partial charge in [0.2, 0.25) is 0 Å². The van der Waals surface area contributed by atoms with Crippen LogP contribution in [0.1, 0.15) is 28.4 Å². The summed E-state index contributed by atoms with van der Waals surface area (Å²) in [4.78, 5) is 12.5. The summed E-state index contributed by atoms with van der Waals surface area (Å²) < 4.78 is 0. The fourth-order valence-corrected chi connectivity index (χ4v) is 2.86. The molecule has 1 amide bonds. The Morgan fingerprint density at radius 3 is 2.81 bits per heavy atom. The van der Waals surface area contributed by atoms with E-state index in [-0.39, 0.29) is 11.9 Å². The first-order chi connectivity index (χ1) is 10.3. The number of amides is 1. The predicted molar refractivity (Wildman–Crippen MR) is 85.7 cm³/mol. The lowest BCUT2D eigenvalue weighted by molar-refractivity contribution is 0.0937. The van der Waals surface area contributed by atoms with Crippen molar-refractivity contribution in [2.45, 2.75) is 25.8 Å². The zero-order chi connectivity index (χ0) is 14.7. The Labute approximate surface area is 125 Å². The van der Waals surface area contributed by atoms with E-state index in [9.17, 15) is 4.79 Å². The van der Waals surface area contributed by atoms with E-state index in [1.165, 1.54) is 11.3 Å². The molecular weight excluding hydrogens is 260 g/mol. The Bertz CT molecular complexity index is 651. The molecule has 2 N–H and O–H groups in total. The second-order valence-corrected chi connectivity index (χ2v) is 5.42. The number of nitrogens with one attached hydrogen (secondary N) is 2. The van der Waals surface area contributed by atoms with Crippen molar-refractivity contribution < 1.29 is 4.79 Å². The summed E-state index contributed by atoms with van der Waals surface area (Å²) in [6.45, 7) is 2.85. The molecule has 2 aromatic carbocycles. The molecular formula is C18H20N2O. The third kappa shape index (κ3) is 2.92. The monoisotopic (exact) mass is 280 g/mol. The van der Waals surface area contributed by atoms with Gasteiger partial charge in [-0.15, -0.1) is 0 Å². The molecule has 3 heteroatoms. The lowest BCUT2D eigenvalue weighted by Crippen LogP contribution is -2.43. The number of hydrogen-bond donors (Lipinski definition) is 2. The molecule has 0 bridgehead atoms. The Balaban J connectivity index is 1.72. The van der Waals surface area contributed by atoms with Crippen LogP contribution in [0, 0.1) is 0 Å². The molecule has 1 aliphatic heterocycles. The molecule has 108 valence electrons. The molecule has 1 unspecified atom stereocenters. The molecule has 2 aromatic rings. The number of carbonyl (C=O) groups is 1. The summed E-state index contributed by atoms with van der Waals surface area (Å²) >= 11 is 0. The SMILES string of the molecule is CCc1ccccc1C(=O)NC1CNc2ccccc2C1. The van der Waals surface area contributed by atoms with Crippen LogP contribution in [0.2, 0.25) is 0 Å². The Morgan fingerprint density at radius 2 is 1.95 bits per heavy atom. The van der Waals surface area contributed by atoms with Crippen molar-refractivity contribution in [3.05, 3.63) is 65.2 Å². The smallest absolute Gasteiger partial charge is 0.251 e. The molecule has 3 nitrogen and oxygen atoms in total. The largest absolute Gasteiger partial charge is 0.383 e. The number of anilines is 1. The van der Waals surface area contributed by atoms with Gasteiger partial charge in [-0.1, -0.05) is 43.3 Å². The molecule has 0 saturated carbocycles. The van der Waals surface area contributed by atoms with Crippen molar-refractivity contribution >= 4 is 11.6 Å². The molecule has 0 spiro atoms. The van der Waals surface area contributed by atoms with E-state index in [0.29, 0.717) is 0 Å². The predicted octanol–water partition coefficient (Wildman–Crippen LogP) is 3.02. The zero-order valence-electron chi connectivity index (χ0n) is 12.2. The van der Waals surface area contributed by atoms with Gasteiger partial charge < -0.3 is 10.6 Å². The summed E-state index contributed by atoms with van der Waals surface area (Å²) in [6.07, 6.45) is 1.75. The molecule has 0 aliphatic carbocycles. The number of benzene rings is 2. The molecule has 1 aliphatic rings. The van der Waals surface area contributed by atoms with Gasteiger partial charge in [0, 0.05) is 17.8 Å². The first-order valence-electron chi connectivity index (χ1n) is 7.48. The molecule has 3 rings (SSSR count).